The smallest absolute Gasteiger partial charge is 0.338 e. The molecule has 1 fully saturated rings. The van der Waals surface area contributed by atoms with Crippen molar-refractivity contribution in [3.8, 4) is 11.8 Å². The fourth-order valence-corrected chi connectivity index (χ4v) is 2.81. The lowest BCUT2D eigenvalue weighted by atomic mass is 10.2. The Hall–Kier alpha value is -3.37. The molecule has 1 aliphatic heterocycles. The minimum absolute atomic E-state index is 0.120. The number of nitrogens with one attached hydrogen (secondary N) is 1. The van der Waals surface area contributed by atoms with Gasteiger partial charge in [0.05, 0.1) is 23.3 Å². The lowest BCUT2D eigenvalue weighted by molar-refractivity contribution is -0.123. The highest BCUT2D eigenvalue weighted by Crippen LogP contribution is 2.17. The number of rotatable bonds is 7. The quantitative estimate of drug-likeness (QED) is 0.724. The standard InChI is InChI=1S/C22H22N2O5/c1-15(21(25)24-18-8-4-16(13-23)5-9-18)29-22(26)17-6-10-19(11-7-17)28-14-20-3-2-12-27-20/h4-11,15,20H,2-3,12,14H2,1H3,(H,24,25)/t15-,20+/m1/s1. The molecule has 1 heterocycles. The average molecular weight is 394 g/mol. The predicted octanol–water partition coefficient (Wildman–Crippen LogP) is 3.30. The van der Waals surface area contributed by atoms with Gasteiger partial charge < -0.3 is 19.5 Å². The fourth-order valence-electron chi connectivity index (χ4n) is 2.81. The number of nitriles is 1. The highest BCUT2D eigenvalue weighted by Gasteiger charge is 2.20. The zero-order valence-corrected chi connectivity index (χ0v) is 16.1. The van der Waals surface area contributed by atoms with Crippen LogP contribution in [0.4, 0.5) is 5.69 Å². The van der Waals surface area contributed by atoms with Crippen LogP contribution in [0.5, 0.6) is 5.75 Å². The van der Waals surface area contributed by atoms with Crippen molar-refractivity contribution in [2.45, 2.75) is 32.0 Å². The highest BCUT2D eigenvalue weighted by molar-refractivity contribution is 5.97. The van der Waals surface area contributed by atoms with E-state index in [4.69, 9.17) is 19.5 Å². The van der Waals surface area contributed by atoms with Gasteiger partial charge in [-0.15, -0.1) is 0 Å². The first-order chi connectivity index (χ1) is 14.0. The van der Waals surface area contributed by atoms with Crippen molar-refractivity contribution in [1.29, 1.82) is 5.26 Å². The molecule has 2 aromatic carbocycles. The molecule has 0 radical (unpaired) electrons. The summed E-state index contributed by atoms with van der Waals surface area (Å²) >= 11 is 0. The molecule has 0 spiro atoms. The fraction of sp³-hybridized carbons (Fsp3) is 0.318. The Morgan fingerprint density at radius 2 is 1.93 bits per heavy atom. The second kappa shape index (κ2) is 9.71. The Morgan fingerprint density at radius 1 is 1.21 bits per heavy atom. The van der Waals surface area contributed by atoms with Crippen molar-refractivity contribution in [2.75, 3.05) is 18.5 Å². The second-order valence-electron chi connectivity index (χ2n) is 6.70. The van der Waals surface area contributed by atoms with Gasteiger partial charge in [-0.2, -0.15) is 5.26 Å². The molecule has 1 aliphatic rings. The van der Waals surface area contributed by atoms with E-state index < -0.39 is 18.0 Å². The number of anilines is 1. The molecule has 1 amide bonds. The van der Waals surface area contributed by atoms with E-state index in [0.717, 1.165) is 19.4 Å². The number of carbonyl (C=O) groups is 2. The number of benzene rings is 2. The van der Waals surface area contributed by atoms with Crippen LogP contribution < -0.4 is 10.1 Å². The van der Waals surface area contributed by atoms with Gasteiger partial charge in [-0.05, 0) is 68.3 Å². The maximum atomic E-state index is 12.3. The third kappa shape index (κ3) is 5.80. The Morgan fingerprint density at radius 3 is 2.55 bits per heavy atom. The normalized spacial score (nSPS) is 16.5. The topological polar surface area (TPSA) is 97.7 Å². The van der Waals surface area contributed by atoms with Crippen LogP contribution in [0.15, 0.2) is 48.5 Å². The number of hydrogen-bond acceptors (Lipinski definition) is 6. The number of nitrogens with zero attached hydrogens (tertiary/aromatic N) is 1. The average Bonchev–Trinajstić information content (AvgIpc) is 3.26. The first-order valence-corrected chi connectivity index (χ1v) is 9.41. The van der Waals surface area contributed by atoms with Crippen molar-refractivity contribution < 1.29 is 23.8 Å². The van der Waals surface area contributed by atoms with Crippen LogP contribution in [0.3, 0.4) is 0 Å². The largest absolute Gasteiger partial charge is 0.491 e. The van der Waals surface area contributed by atoms with Crippen LogP contribution in [-0.2, 0) is 14.3 Å². The first-order valence-electron chi connectivity index (χ1n) is 9.41. The molecule has 0 aliphatic carbocycles. The van der Waals surface area contributed by atoms with Gasteiger partial charge in [0.25, 0.3) is 5.91 Å². The Bertz CT molecular complexity index is 881. The van der Waals surface area contributed by atoms with Gasteiger partial charge in [0, 0.05) is 12.3 Å². The van der Waals surface area contributed by atoms with Gasteiger partial charge in [-0.1, -0.05) is 0 Å². The molecule has 29 heavy (non-hydrogen) atoms. The summed E-state index contributed by atoms with van der Waals surface area (Å²) in [7, 11) is 0. The second-order valence-corrected chi connectivity index (χ2v) is 6.70. The van der Waals surface area contributed by atoms with E-state index in [1.54, 1.807) is 48.5 Å². The number of hydrogen-bond donors (Lipinski definition) is 1. The molecule has 1 saturated heterocycles. The van der Waals surface area contributed by atoms with E-state index in [9.17, 15) is 9.59 Å². The summed E-state index contributed by atoms with van der Waals surface area (Å²) < 4.78 is 16.4. The van der Waals surface area contributed by atoms with E-state index >= 15 is 0 Å². The molecule has 1 N–H and O–H groups in total. The zero-order chi connectivity index (χ0) is 20.6. The molecule has 3 rings (SSSR count). The summed E-state index contributed by atoms with van der Waals surface area (Å²) in [6.07, 6.45) is 1.19. The molecule has 0 saturated carbocycles. The Kier molecular flexibility index (Phi) is 6.82. The maximum absolute atomic E-state index is 12.3. The molecule has 2 aromatic rings. The van der Waals surface area contributed by atoms with Crippen LogP contribution in [0.2, 0.25) is 0 Å². The van der Waals surface area contributed by atoms with E-state index in [1.165, 1.54) is 6.92 Å². The summed E-state index contributed by atoms with van der Waals surface area (Å²) in [4.78, 5) is 24.5. The van der Waals surface area contributed by atoms with Gasteiger partial charge in [0.15, 0.2) is 6.10 Å². The summed E-state index contributed by atoms with van der Waals surface area (Å²) in [5.74, 6) is -0.415. The molecule has 7 nitrogen and oxygen atoms in total. The number of amides is 1. The van der Waals surface area contributed by atoms with Crippen molar-refractivity contribution in [3.05, 3.63) is 59.7 Å². The van der Waals surface area contributed by atoms with Crippen molar-refractivity contribution in [1.82, 2.24) is 0 Å². The highest BCUT2D eigenvalue weighted by atomic mass is 16.5. The minimum Gasteiger partial charge on any atom is -0.491 e. The number of ether oxygens (including phenoxy) is 3. The maximum Gasteiger partial charge on any atom is 0.338 e. The number of carbonyl (C=O) groups excluding carboxylic acids is 2. The van der Waals surface area contributed by atoms with Crippen molar-refractivity contribution in [2.24, 2.45) is 0 Å². The molecule has 0 unspecified atom stereocenters. The Labute approximate surface area is 169 Å². The molecule has 7 heteroatoms. The zero-order valence-electron chi connectivity index (χ0n) is 16.1. The molecule has 0 aromatic heterocycles. The summed E-state index contributed by atoms with van der Waals surface area (Å²) in [5.41, 5.74) is 1.34. The number of esters is 1. The van der Waals surface area contributed by atoms with Gasteiger partial charge in [0.1, 0.15) is 12.4 Å². The SMILES string of the molecule is C[C@@H](OC(=O)c1ccc(OC[C@@H]2CCCO2)cc1)C(=O)Nc1ccc(C#N)cc1. The van der Waals surface area contributed by atoms with Gasteiger partial charge in [0.2, 0.25) is 0 Å². The summed E-state index contributed by atoms with van der Waals surface area (Å²) in [6.45, 7) is 2.75. The molecule has 0 bridgehead atoms. The minimum atomic E-state index is -0.978. The first kappa shape index (κ1) is 20.4. The molecular formula is C22H22N2O5. The lowest BCUT2D eigenvalue weighted by Gasteiger charge is -2.14. The van der Waals surface area contributed by atoms with Crippen LogP contribution in [0.25, 0.3) is 0 Å². The van der Waals surface area contributed by atoms with Crippen molar-refractivity contribution >= 4 is 17.6 Å². The predicted molar refractivity (Wildman–Crippen MR) is 106 cm³/mol. The monoisotopic (exact) mass is 394 g/mol. The molecular weight excluding hydrogens is 372 g/mol. The molecule has 2 atom stereocenters. The van der Waals surface area contributed by atoms with E-state index in [1.807, 2.05) is 6.07 Å². The van der Waals surface area contributed by atoms with Crippen LogP contribution >= 0.6 is 0 Å². The lowest BCUT2D eigenvalue weighted by Crippen LogP contribution is -2.30. The van der Waals surface area contributed by atoms with Crippen molar-refractivity contribution in [3.63, 3.8) is 0 Å². The van der Waals surface area contributed by atoms with Crippen LogP contribution in [-0.4, -0.2) is 37.3 Å². The third-order valence-corrected chi connectivity index (χ3v) is 4.48. The van der Waals surface area contributed by atoms with Gasteiger partial charge >= 0.3 is 5.97 Å². The summed E-state index contributed by atoms with van der Waals surface area (Å²) in [6, 6.07) is 15.0. The summed E-state index contributed by atoms with van der Waals surface area (Å²) in [5, 5.41) is 11.4. The van der Waals surface area contributed by atoms with E-state index in [2.05, 4.69) is 5.32 Å². The van der Waals surface area contributed by atoms with E-state index in [-0.39, 0.29) is 6.10 Å². The van der Waals surface area contributed by atoms with E-state index in [0.29, 0.717) is 29.2 Å². The Balaban J connectivity index is 1.48. The third-order valence-electron chi connectivity index (χ3n) is 4.48. The van der Waals surface area contributed by atoms with Gasteiger partial charge in [-0.25, -0.2) is 4.79 Å². The van der Waals surface area contributed by atoms with Crippen LogP contribution in [0, 0.1) is 11.3 Å². The molecule has 150 valence electrons. The van der Waals surface area contributed by atoms with Gasteiger partial charge in [-0.3, -0.25) is 4.79 Å². The van der Waals surface area contributed by atoms with Crippen LogP contribution in [0.1, 0.15) is 35.7 Å².